The van der Waals surface area contributed by atoms with Crippen LogP contribution in [0.15, 0.2) is 30.3 Å². The van der Waals surface area contributed by atoms with Crippen LogP contribution in [-0.2, 0) is 11.2 Å². The zero-order valence-electron chi connectivity index (χ0n) is 10.4. The van der Waals surface area contributed by atoms with E-state index in [1.54, 1.807) is 12.1 Å². The summed E-state index contributed by atoms with van der Waals surface area (Å²) in [7, 11) is 0. The van der Waals surface area contributed by atoms with E-state index in [9.17, 15) is 9.90 Å². The first kappa shape index (κ1) is 12.9. The van der Waals surface area contributed by atoms with Gasteiger partial charge in [0.2, 0.25) is 0 Å². The highest BCUT2D eigenvalue weighted by molar-refractivity contribution is 7.11. The van der Waals surface area contributed by atoms with Crippen LogP contribution in [0.1, 0.15) is 27.2 Å². The molecule has 1 N–H and O–H groups in total. The Morgan fingerprint density at radius 2 is 2.00 bits per heavy atom. The zero-order valence-corrected chi connectivity index (χ0v) is 11.2. The van der Waals surface area contributed by atoms with Gasteiger partial charge in [-0.3, -0.25) is 4.79 Å². The summed E-state index contributed by atoms with van der Waals surface area (Å²) >= 11 is 1.51. The molecule has 18 heavy (non-hydrogen) atoms. The van der Waals surface area contributed by atoms with E-state index in [1.165, 1.54) is 11.3 Å². The Kier molecular flexibility index (Phi) is 3.89. The lowest BCUT2D eigenvalue weighted by Crippen LogP contribution is -2.14. The minimum atomic E-state index is -1.06. The fraction of sp³-hybridized carbons (Fsp3) is 0.286. The molecule has 1 aromatic carbocycles. The van der Waals surface area contributed by atoms with Crippen molar-refractivity contribution < 1.29 is 9.90 Å². The van der Waals surface area contributed by atoms with E-state index in [0.717, 1.165) is 15.6 Å². The maximum Gasteiger partial charge on any atom is 0.172 e. The fourth-order valence-electron chi connectivity index (χ4n) is 1.68. The number of hydrogen-bond donors (Lipinski definition) is 1. The number of rotatable bonds is 4. The first-order chi connectivity index (χ1) is 8.58. The van der Waals surface area contributed by atoms with Crippen LogP contribution < -0.4 is 0 Å². The second-order valence-corrected chi connectivity index (χ2v) is 5.49. The largest absolute Gasteiger partial charge is 0.381 e. The summed E-state index contributed by atoms with van der Waals surface area (Å²) in [6.07, 6.45) is -0.870. The summed E-state index contributed by atoms with van der Waals surface area (Å²) < 4.78 is 0. The van der Waals surface area contributed by atoms with E-state index in [0.29, 0.717) is 5.56 Å². The Hall–Kier alpha value is -1.52. The molecule has 1 atom stereocenters. The van der Waals surface area contributed by atoms with E-state index >= 15 is 0 Å². The lowest BCUT2D eigenvalue weighted by atomic mass is 10.0. The quantitative estimate of drug-likeness (QED) is 0.920. The van der Waals surface area contributed by atoms with E-state index < -0.39 is 6.10 Å². The van der Waals surface area contributed by atoms with Gasteiger partial charge in [-0.05, 0) is 19.4 Å². The van der Waals surface area contributed by atoms with Crippen molar-refractivity contribution in [1.82, 2.24) is 4.98 Å². The van der Waals surface area contributed by atoms with Gasteiger partial charge in [0.15, 0.2) is 5.78 Å². The molecular weight excluding hydrogens is 246 g/mol. The van der Waals surface area contributed by atoms with Gasteiger partial charge in [-0.15, -0.1) is 11.3 Å². The van der Waals surface area contributed by atoms with Crippen LogP contribution >= 0.6 is 11.3 Å². The minimum Gasteiger partial charge on any atom is -0.381 e. The van der Waals surface area contributed by atoms with Gasteiger partial charge < -0.3 is 5.11 Å². The molecule has 1 aromatic heterocycles. The second-order valence-electron chi connectivity index (χ2n) is 4.21. The molecule has 0 aliphatic carbocycles. The van der Waals surface area contributed by atoms with Crippen LogP contribution in [0.25, 0.3) is 0 Å². The number of benzene rings is 1. The lowest BCUT2D eigenvalue weighted by molar-refractivity contribution is -0.126. The Morgan fingerprint density at radius 3 is 2.56 bits per heavy atom. The van der Waals surface area contributed by atoms with Crippen molar-refractivity contribution in [3.63, 3.8) is 0 Å². The van der Waals surface area contributed by atoms with E-state index in [4.69, 9.17) is 0 Å². The molecule has 3 nitrogen and oxygen atoms in total. The standard InChI is InChI=1S/C14H15NO2S/c1-9-10(2)18-13(15-9)8-12(16)14(17)11-6-4-3-5-7-11/h3-7,14,17H,8H2,1-2H3. The summed E-state index contributed by atoms with van der Waals surface area (Å²) in [6.45, 7) is 3.90. The first-order valence-corrected chi connectivity index (χ1v) is 6.58. The molecule has 0 saturated heterocycles. The molecule has 0 radical (unpaired) electrons. The maximum absolute atomic E-state index is 12.0. The molecule has 1 heterocycles. The highest BCUT2D eigenvalue weighted by Gasteiger charge is 2.19. The Morgan fingerprint density at radius 1 is 1.33 bits per heavy atom. The van der Waals surface area contributed by atoms with Crippen molar-refractivity contribution in [2.24, 2.45) is 0 Å². The van der Waals surface area contributed by atoms with Crippen LogP contribution in [0.2, 0.25) is 0 Å². The number of Topliss-reactive ketones (excluding diaryl/α,β-unsaturated/α-hetero) is 1. The van der Waals surface area contributed by atoms with Gasteiger partial charge >= 0.3 is 0 Å². The molecule has 1 unspecified atom stereocenters. The molecule has 94 valence electrons. The maximum atomic E-state index is 12.0. The van der Waals surface area contributed by atoms with Crippen molar-refractivity contribution in [3.05, 3.63) is 51.5 Å². The number of aliphatic hydroxyl groups is 1. The normalized spacial score (nSPS) is 12.4. The average Bonchev–Trinajstić information content (AvgIpc) is 2.68. The number of aliphatic hydroxyl groups excluding tert-OH is 1. The number of aryl methyl sites for hydroxylation is 2. The highest BCUT2D eigenvalue weighted by Crippen LogP contribution is 2.20. The molecule has 4 heteroatoms. The summed E-state index contributed by atoms with van der Waals surface area (Å²) in [5.74, 6) is -0.213. The number of aromatic nitrogens is 1. The fourth-order valence-corrected chi connectivity index (χ4v) is 2.63. The molecule has 0 spiro atoms. The van der Waals surface area contributed by atoms with Crippen molar-refractivity contribution in [3.8, 4) is 0 Å². The summed E-state index contributed by atoms with van der Waals surface area (Å²) in [6, 6.07) is 8.98. The van der Waals surface area contributed by atoms with Gasteiger partial charge in [-0.25, -0.2) is 4.98 Å². The Bertz CT molecular complexity index is 529. The number of carbonyl (C=O) groups excluding carboxylic acids is 1. The predicted molar refractivity (Wildman–Crippen MR) is 71.7 cm³/mol. The van der Waals surface area contributed by atoms with Crippen molar-refractivity contribution in [1.29, 1.82) is 0 Å². The molecule has 0 fully saturated rings. The van der Waals surface area contributed by atoms with Crippen molar-refractivity contribution in [2.75, 3.05) is 0 Å². The highest BCUT2D eigenvalue weighted by atomic mass is 32.1. The molecule has 0 saturated carbocycles. The number of carbonyl (C=O) groups is 1. The predicted octanol–water partition coefficient (Wildman–Crippen LogP) is 2.61. The third-order valence-corrected chi connectivity index (χ3v) is 3.89. The molecule has 2 rings (SSSR count). The summed E-state index contributed by atoms with van der Waals surface area (Å²) in [5, 5.41) is 10.7. The van der Waals surface area contributed by atoms with Gasteiger partial charge in [0.1, 0.15) is 11.1 Å². The summed E-state index contributed by atoms with van der Waals surface area (Å²) in [5.41, 5.74) is 1.59. The first-order valence-electron chi connectivity index (χ1n) is 5.76. The van der Waals surface area contributed by atoms with E-state index in [1.807, 2.05) is 32.0 Å². The smallest absolute Gasteiger partial charge is 0.172 e. The molecular formula is C14H15NO2S. The zero-order chi connectivity index (χ0) is 13.1. The summed E-state index contributed by atoms with van der Waals surface area (Å²) in [4.78, 5) is 17.4. The molecule has 0 aliphatic rings. The van der Waals surface area contributed by atoms with E-state index in [-0.39, 0.29) is 12.2 Å². The number of nitrogens with zero attached hydrogens (tertiary/aromatic N) is 1. The van der Waals surface area contributed by atoms with Crippen molar-refractivity contribution in [2.45, 2.75) is 26.4 Å². The van der Waals surface area contributed by atoms with E-state index in [2.05, 4.69) is 4.98 Å². The number of ketones is 1. The van der Waals surface area contributed by atoms with Crippen LogP contribution in [-0.4, -0.2) is 15.9 Å². The molecule has 0 aliphatic heterocycles. The van der Waals surface area contributed by atoms with Crippen molar-refractivity contribution >= 4 is 17.1 Å². The molecule has 0 amide bonds. The monoisotopic (exact) mass is 261 g/mol. The van der Waals surface area contributed by atoms with Gasteiger partial charge in [0, 0.05) is 4.88 Å². The lowest BCUT2D eigenvalue weighted by Gasteiger charge is -2.08. The minimum absolute atomic E-state index is 0.190. The van der Waals surface area contributed by atoms with Crippen LogP contribution in [0.5, 0.6) is 0 Å². The van der Waals surface area contributed by atoms with Gasteiger partial charge in [0.25, 0.3) is 0 Å². The Balaban J connectivity index is 2.08. The number of thiazole rings is 1. The van der Waals surface area contributed by atoms with Gasteiger partial charge in [-0.2, -0.15) is 0 Å². The Labute approximate surface area is 110 Å². The second kappa shape index (κ2) is 5.42. The van der Waals surface area contributed by atoms with Crippen LogP contribution in [0, 0.1) is 13.8 Å². The molecule has 0 bridgehead atoms. The molecule has 2 aromatic rings. The van der Waals surface area contributed by atoms with Gasteiger partial charge in [-0.1, -0.05) is 30.3 Å². The topological polar surface area (TPSA) is 50.2 Å². The number of hydrogen-bond acceptors (Lipinski definition) is 4. The van der Waals surface area contributed by atoms with Crippen LogP contribution in [0.4, 0.5) is 0 Å². The SMILES string of the molecule is Cc1nc(CC(=O)C(O)c2ccccc2)sc1C. The van der Waals surface area contributed by atoms with Crippen LogP contribution in [0.3, 0.4) is 0 Å². The van der Waals surface area contributed by atoms with Gasteiger partial charge in [0.05, 0.1) is 12.1 Å². The average molecular weight is 261 g/mol. The third kappa shape index (κ3) is 2.83. The third-order valence-electron chi connectivity index (χ3n) is 2.82.